The van der Waals surface area contributed by atoms with E-state index in [9.17, 15) is 62.7 Å². The van der Waals surface area contributed by atoms with Gasteiger partial charge in [-0.2, -0.15) is 4.31 Å². The summed E-state index contributed by atoms with van der Waals surface area (Å²) in [6.45, 7) is 6.00. The number of nitrogens with one attached hydrogen (secondary N) is 2. The van der Waals surface area contributed by atoms with Crippen LogP contribution in [0.15, 0.2) is 24.3 Å². The topological polar surface area (TPSA) is 381 Å². The molecule has 1 aliphatic carbocycles. The predicted molar refractivity (Wildman–Crippen MR) is 208 cm³/mol. The first-order valence-electron chi connectivity index (χ1n) is 17.9. The molecular weight excluding hydrogens is 883 g/mol. The zero-order valence-electron chi connectivity index (χ0n) is 32.8. The van der Waals surface area contributed by atoms with Crippen molar-refractivity contribution in [1.29, 1.82) is 0 Å². The quantitative estimate of drug-likeness (QED) is 0.0597. The van der Waals surface area contributed by atoms with E-state index in [1.807, 2.05) is 20.8 Å². The third kappa shape index (κ3) is 13.0. The highest BCUT2D eigenvalue weighted by atomic mass is 32.2. The lowest BCUT2D eigenvalue weighted by atomic mass is 9.76. The largest absolute Gasteiger partial charge is 0.481 e. The van der Waals surface area contributed by atoms with Crippen molar-refractivity contribution in [3.05, 3.63) is 24.3 Å². The molecule has 2 aromatic rings. The summed E-state index contributed by atoms with van der Waals surface area (Å²) in [4.78, 5) is 101. The van der Waals surface area contributed by atoms with E-state index in [2.05, 4.69) is 34.4 Å². The van der Waals surface area contributed by atoms with Crippen molar-refractivity contribution < 1.29 is 85.3 Å². The molecule has 0 spiro atoms. The lowest BCUT2D eigenvalue weighted by molar-refractivity contribution is -0.137. The maximum atomic E-state index is 12.7. The molecule has 1 saturated heterocycles. The fourth-order valence-electron chi connectivity index (χ4n) is 6.01. The Labute approximate surface area is 346 Å². The van der Waals surface area contributed by atoms with E-state index in [1.54, 1.807) is 6.08 Å². The highest BCUT2D eigenvalue weighted by Crippen LogP contribution is 2.61. The van der Waals surface area contributed by atoms with Crippen LogP contribution in [0.5, 0.6) is 0 Å². The molecule has 1 aliphatic heterocycles. The van der Waals surface area contributed by atoms with Gasteiger partial charge in [0.2, 0.25) is 11.8 Å². The summed E-state index contributed by atoms with van der Waals surface area (Å²) < 4.78 is 62.2. The molecule has 0 radical (unpaired) electrons. The van der Waals surface area contributed by atoms with Crippen molar-refractivity contribution in [2.75, 3.05) is 37.8 Å². The molecule has 2 aromatic heterocycles. The second-order valence-electron chi connectivity index (χ2n) is 15.0. The van der Waals surface area contributed by atoms with Crippen LogP contribution in [0.25, 0.3) is 11.2 Å². The first-order chi connectivity index (χ1) is 27.6. The summed E-state index contributed by atoms with van der Waals surface area (Å²) in [5, 5.41) is 26.2. The molecule has 336 valence electrons. The van der Waals surface area contributed by atoms with Crippen molar-refractivity contribution >= 4 is 74.9 Å². The second-order valence-corrected chi connectivity index (χ2v) is 20.4. The lowest BCUT2D eigenvalue weighted by Gasteiger charge is -2.30. The van der Waals surface area contributed by atoms with E-state index in [0.29, 0.717) is 0 Å². The number of phosphoric ester groups is 3. The minimum atomic E-state index is -5.59. The number of nitrogens with zero attached hydrogens (tertiary/aromatic N) is 4. The Morgan fingerprint density at radius 1 is 1.07 bits per heavy atom. The van der Waals surface area contributed by atoms with Gasteiger partial charge in [-0.15, -0.1) is 0 Å². The summed E-state index contributed by atoms with van der Waals surface area (Å²) in [5.74, 6) is -1.80. The Morgan fingerprint density at radius 3 is 2.37 bits per heavy atom. The molecule has 0 aromatic carbocycles. The minimum absolute atomic E-state index is 0.0244. The monoisotopic (exact) mass is 931 g/mol. The number of nitrogens with two attached hydrogens (primary N) is 1. The Balaban J connectivity index is 1.20. The first-order valence-corrected chi connectivity index (χ1v) is 23.4. The first kappa shape index (κ1) is 49.6. The Kier molecular flexibility index (Phi) is 16.2. The summed E-state index contributed by atoms with van der Waals surface area (Å²) >= 11 is 0.986. The summed E-state index contributed by atoms with van der Waals surface area (Å²) in [6.07, 6.45) is -5.40. The number of phosphoric acid groups is 3. The van der Waals surface area contributed by atoms with E-state index in [0.717, 1.165) is 34.6 Å². The van der Waals surface area contributed by atoms with Gasteiger partial charge in [-0.05, 0) is 18.4 Å². The fourth-order valence-corrected chi connectivity index (χ4v) is 9.55. The number of imidazole rings is 1. The van der Waals surface area contributed by atoms with Crippen molar-refractivity contribution in [1.82, 2.24) is 30.2 Å². The molecule has 2 amide bonds. The van der Waals surface area contributed by atoms with Crippen molar-refractivity contribution in [2.24, 2.45) is 16.7 Å². The van der Waals surface area contributed by atoms with Crippen LogP contribution >= 0.6 is 35.2 Å². The molecule has 29 heteroatoms. The zero-order chi connectivity index (χ0) is 45.0. The predicted octanol–water partition coefficient (Wildman–Crippen LogP) is 0.226. The third-order valence-corrected chi connectivity index (χ3v) is 13.7. The van der Waals surface area contributed by atoms with E-state index >= 15 is 0 Å². The number of aromatic nitrogens is 4. The number of ketones is 1. The Bertz CT molecular complexity index is 2110. The Hall–Kier alpha value is -3.03. The molecule has 4 rings (SSSR count). The third-order valence-electron chi connectivity index (χ3n) is 9.73. The number of nitrogen functional groups attached to an aromatic ring is 1. The van der Waals surface area contributed by atoms with Crippen LogP contribution in [0.1, 0.15) is 53.7 Å². The van der Waals surface area contributed by atoms with Gasteiger partial charge in [0.1, 0.15) is 36.3 Å². The smallest absolute Gasteiger partial charge is 0.386 e. The Morgan fingerprint density at radius 2 is 1.73 bits per heavy atom. The number of hydrogen-bond acceptors (Lipinski definition) is 19. The molecular formula is C31H48N7O18P3S. The molecule has 60 heavy (non-hydrogen) atoms. The van der Waals surface area contributed by atoms with E-state index in [1.165, 1.54) is 13.8 Å². The fraction of sp³-hybridized carbons (Fsp3) is 0.645. The number of rotatable bonds is 21. The van der Waals surface area contributed by atoms with Crippen LogP contribution in [-0.4, -0.2) is 128 Å². The lowest BCUT2D eigenvalue weighted by Crippen LogP contribution is -2.46. The van der Waals surface area contributed by atoms with Crippen LogP contribution in [0, 0.1) is 16.7 Å². The van der Waals surface area contributed by atoms with Gasteiger partial charge >= 0.3 is 23.5 Å². The van der Waals surface area contributed by atoms with Crippen molar-refractivity contribution in [3.63, 3.8) is 0 Å². The number of allylic oxidation sites excluding steroid dienone is 2. The van der Waals surface area contributed by atoms with Gasteiger partial charge in [-0.25, -0.2) is 28.6 Å². The summed E-state index contributed by atoms with van der Waals surface area (Å²) in [5.41, 5.74) is 4.73. The van der Waals surface area contributed by atoms with Crippen molar-refractivity contribution in [3.8, 4) is 0 Å². The maximum absolute atomic E-state index is 12.7. The summed E-state index contributed by atoms with van der Waals surface area (Å²) in [7, 11) is -16.4. The zero-order valence-corrected chi connectivity index (χ0v) is 36.3. The van der Waals surface area contributed by atoms with Gasteiger partial charge in [0.25, 0.3) is 0 Å². The molecule has 10 N–H and O–H groups in total. The number of carbonyl (C=O) groups is 4. The van der Waals surface area contributed by atoms with Crippen LogP contribution < -0.4 is 16.4 Å². The normalized spacial score (nSPS) is 24.4. The molecule has 2 aliphatic rings. The molecule has 25 nitrogen and oxygen atoms in total. The average molecular weight is 932 g/mol. The number of aliphatic hydroxyl groups excluding tert-OH is 2. The highest BCUT2D eigenvalue weighted by molar-refractivity contribution is 8.13. The maximum Gasteiger partial charge on any atom is 0.481 e. The highest BCUT2D eigenvalue weighted by Gasteiger charge is 2.50. The number of carbonyl (C=O) groups excluding carboxylic acids is 4. The molecule has 0 bridgehead atoms. The van der Waals surface area contributed by atoms with Gasteiger partial charge < -0.3 is 50.9 Å². The van der Waals surface area contributed by atoms with Gasteiger partial charge in [0.05, 0.1) is 19.5 Å². The minimum Gasteiger partial charge on any atom is -0.386 e. The number of anilines is 1. The van der Waals surface area contributed by atoms with Crippen LogP contribution in [0.2, 0.25) is 0 Å². The van der Waals surface area contributed by atoms with E-state index in [4.69, 9.17) is 19.5 Å². The molecule has 1 fully saturated rings. The van der Waals surface area contributed by atoms with Gasteiger partial charge in [-0.1, -0.05) is 45.0 Å². The van der Waals surface area contributed by atoms with Crippen LogP contribution in [0.3, 0.4) is 0 Å². The molecule has 8 atom stereocenters. The number of thioether (sulfide) groups is 1. The molecule has 3 heterocycles. The van der Waals surface area contributed by atoms with Crippen LogP contribution in [-0.2, 0) is 55.5 Å². The average Bonchev–Trinajstić information content (AvgIpc) is 3.75. The van der Waals surface area contributed by atoms with Gasteiger partial charge in [0, 0.05) is 43.0 Å². The number of ether oxygens (including phenoxy) is 1. The molecule has 4 unspecified atom stereocenters. The standard InChI is InChI=1S/C31H48N7O18P3S/c1-16-10-18(39)17(31(16,4)5)11-21(41)60-9-8-33-20(40)6-7-34-28(44)25(43)30(2,3)13-53-59(50,51)56-58(48,49)52-12-19-24(55-57(45,46)47)23(42)29(54-19)38-15-37-22-26(32)35-14-36-27(22)38/h10,14-15,17,19,23-25,29,42-43H,6-9,11-13H2,1-5H3,(H,33,40)(H,34,44)(H,48,49)(H,50,51)(H2,32,35,36)(H2,45,46,47)/t17?,19-,23-,24-,25?,29-/m1/s1. The number of amides is 2. The second kappa shape index (κ2) is 19.6. The number of hydrogen-bond donors (Lipinski definition) is 9. The number of aliphatic hydroxyl groups is 2. The van der Waals surface area contributed by atoms with Gasteiger partial charge in [0.15, 0.2) is 28.6 Å². The molecule has 0 saturated carbocycles. The van der Waals surface area contributed by atoms with Crippen molar-refractivity contribution in [2.45, 2.75) is 78.1 Å². The summed E-state index contributed by atoms with van der Waals surface area (Å²) in [6, 6.07) is 0. The van der Waals surface area contributed by atoms with E-state index in [-0.39, 0.29) is 59.6 Å². The number of fused-ring (bicyclic) bond motifs is 1. The van der Waals surface area contributed by atoms with E-state index < -0.39 is 95.9 Å². The SMILES string of the molecule is CC1=CC(=O)C(CC(=O)SCCNC(=O)CCNC(=O)C(O)C(C)(C)COP(=O)(O)OP(=O)(O)OC[C@H]2O[C@@H](n3cnc4c(N)ncnc43)[C@H](O)[C@@H]2OP(=O)(O)O)C1(C)C. The van der Waals surface area contributed by atoms with Gasteiger partial charge in [-0.3, -0.25) is 37.3 Å². The van der Waals surface area contributed by atoms with Crippen LogP contribution in [0.4, 0.5) is 5.82 Å².